The molecule has 58 heavy (non-hydrogen) atoms. The maximum absolute atomic E-state index is 11.7. The number of hydrogen-bond donors (Lipinski definition) is 5. The molecule has 0 amide bonds. The monoisotopic (exact) mass is 811 g/mol. The quantitative estimate of drug-likeness (QED) is 0.165. The molecule has 0 aromatic heterocycles. The summed E-state index contributed by atoms with van der Waals surface area (Å²) < 4.78 is 0. The van der Waals surface area contributed by atoms with Gasteiger partial charge in [-0.05, 0) is 194 Å². The molecule has 0 radical (unpaired) electrons. The van der Waals surface area contributed by atoms with Gasteiger partial charge in [-0.1, -0.05) is 81.6 Å². The van der Waals surface area contributed by atoms with Crippen LogP contribution in [0.3, 0.4) is 0 Å². The highest BCUT2D eigenvalue weighted by Crippen LogP contribution is 2.71. The summed E-state index contributed by atoms with van der Waals surface area (Å²) in [6, 6.07) is 0. The van der Waals surface area contributed by atoms with Crippen LogP contribution >= 0.6 is 0 Å². The molecule has 8 aliphatic rings. The minimum atomic E-state index is -0.682. The van der Waals surface area contributed by atoms with E-state index >= 15 is 0 Å². The molecule has 5 N–H and O–H groups in total. The van der Waals surface area contributed by atoms with Crippen LogP contribution in [0.15, 0.2) is 0 Å². The molecular weight excluding hydrogens is 725 g/mol. The third kappa shape index (κ3) is 7.17. The van der Waals surface area contributed by atoms with Crippen molar-refractivity contribution in [3.05, 3.63) is 0 Å². The van der Waals surface area contributed by atoms with Gasteiger partial charge in [0.2, 0.25) is 0 Å². The normalized spacial score (nSPS) is 52.9. The van der Waals surface area contributed by atoms with Crippen LogP contribution in [0.1, 0.15) is 178 Å². The molecule has 0 aromatic carbocycles. The van der Waals surface area contributed by atoms with Crippen molar-refractivity contribution in [2.24, 2.45) is 110 Å². The first-order chi connectivity index (χ1) is 27.3. The van der Waals surface area contributed by atoms with Gasteiger partial charge in [0, 0.05) is 12.8 Å². The van der Waals surface area contributed by atoms with Gasteiger partial charge < -0.3 is 25.5 Å². The van der Waals surface area contributed by atoms with E-state index in [9.17, 15) is 35.1 Å². The van der Waals surface area contributed by atoms with Crippen LogP contribution in [0.4, 0.5) is 0 Å². The Kier molecular flexibility index (Phi) is 12.8. The Bertz CT molecular complexity index is 1370. The fourth-order valence-corrected chi connectivity index (χ4v) is 18.9. The van der Waals surface area contributed by atoms with Gasteiger partial charge in [-0.2, -0.15) is 0 Å². The molecule has 332 valence electrons. The molecule has 8 fully saturated rings. The van der Waals surface area contributed by atoms with Crippen molar-refractivity contribution in [2.75, 3.05) is 0 Å². The molecule has 0 bridgehead atoms. The fraction of sp³-hybridized carbons (Fsp3) is 0.961. The van der Waals surface area contributed by atoms with E-state index < -0.39 is 11.9 Å². The molecule has 0 saturated heterocycles. The van der Waals surface area contributed by atoms with E-state index in [-0.39, 0.29) is 58.7 Å². The summed E-state index contributed by atoms with van der Waals surface area (Å²) in [5.41, 5.74) is 0.992. The summed E-state index contributed by atoms with van der Waals surface area (Å²) in [6.45, 7) is 21.1. The maximum atomic E-state index is 11.7. The molecule has 8 rings (SSSR count). The number of carboxylic acids is 2. The van der Waals surface area contributed by atoms with Crippen LogP contribution in [-0.2, 0) is 9.59 Å². The van der Waals surface area contributed by atoms with Gasteiger partial charge in [0.05, 0.1) is 18.3 Å². The van der Waals surface area contributed by atoms with E-state index in [0.717, 1.165) is 63.7 Å². The number of carbonyl (C=O) groups is 2. The molecule has 0 spiro atoms. The Morgan fingerprint density at radius 1 is 0.534 bits per heavy atom. The Morgan fingerprint density at radius 3 is 1.33 bits per heavy atom. The highest BCUT2D eigenvalue weighted by molar-refractivity contribution is 5.67. The van der Waals surface area contributed by atoms with Gasteiger partial charge in [0.25, 0.3) is 0 Å². The molecule has 0 unspecified atom stereocenters. The predicted molar refractivity (Wildman–Crippen MR) is 230 cm³/mol. The van der Waals surface area contributed by atoms with Crippen LogP contribution < -0.4 is 0 Å². The first kappa shape index (κ1) is 44.9. The molecule has 8 saturated carbocycles. The average Bonchev–Trinajstić information content (AvgIpc) is 3.70. The number of aliphatic hydroxyl groups excluding tert-OH is 3. The average molecular weight is 811 g/mol. The standard InChI is InChI=1S/C26H44O3.C25H42O4/c1-6-17-21-13-15(2)9-11-26(21,5)20-10-12-25(4)18(16(3)14-22(27)28)7-8-19(25)23(20)24(17)29;1-5-16-20-13-15(26)8-10-25(20,4)19-9-11-24(3)17(14(2)12-21(27)28)6-7-18(24)22(19)23(16)29/h15-21,23-24,29H,6-14H2,1-5H3,(H,27,28);14-20,22-23,26,29H,5-13H2,1-4H3,(H,27,28)/t15-,16-,17-,18-,19+,20+,21+,23+,24-,25-,26-;14-,15-,16-,17-,18+,19+,20+,22+,23-,24-,25-/m11/s1. The fourth-order valence-electron chi connectivity index (χ4n) is 18.9. The van der Waals surface area contributed by atoms with Gasteiger partial charge in [-0.25, -0.2) is 0 Å². The van der Waals surface area contributed by atoms with Crippen molar-refractivity contribution in [1.82, 2.24) is 0 Å². The molecule has 8 aliphatic carbocycles. The van der Waals surface area contributed by atoms with Crippen LogP contribution in [0.25, 0.3) is 0 Å². The van der Waals surface area contributed by atoms with Crippen molar-refractivity contribution in [1.29, 1.82) is 0 Å². The largest absolute Gasteiger partial charge is 0.481 e. The number of carboxylic acid groups (broad SMARTS) is 2. The van der Waals surface area contributed by atoms with Crippen LogP contribution in [0, 0.1) is 110 Å². The molecule has 0 aliphatic heterocycles. The summed E-state index contributed by atoms with van der Waals surface area (Å²) in [7, 11) is 0. The van der Waals surface area contributed by atoms with E-state index in [1.165, 1.54) is 44.9 Å². The number of fused-ring (bicyclic) bond motifs is 10. The summed E-state index contributed by atoms with van der Waals surface area (Å²) in [4.78, 5) is 22.7. The van der Waals surface area contributed by atoms with E-state index in [2.05, 4.69) is 62.3 Å². The smallest absolute Gasteiger partial charge is 0.303 e. The van der Waals surface area contributed by atoms with Crippen LogP contribution in [0.2, 0.25) is 0 Å². The number of hydrogen-bond acceptors (Lipinski definition) is 5. The van der Waals surface area contributed by atoms with Gasteiger partial charge in [0.15, 0.2) is 0 Å². The Morgan fingerprint density at radius 2 is 0.914 bits per heavy atom. The van der Waals surface area contributed by atoms with Gasteiger partial charge >= 0.3 is 11.9 Å². The Hall–Kier alpha value is -1.18. The van der Waals surface area contributed by atoms with Crippen molar-refractivity contribution < 1.29 is 35.1 Å². The van der Waals surface area contributed by atoms with Crippen LogP contribution in [-0.4, -0.2) is 55.8 Å². The number of rotatable bonds is 8. The van der Waals surface area contributed by atoms with E-state index in [1.54, 1.807) is 0 Å². The second kappa shape index (κ2) is 16.5. The summed E-state index contributed by atoms with van der Waals surface area (Å²) in [5, 5.41) is 52.5. The zero-order chi connectivity index (χ0) is 42.3. The lowest BCUT2D eigenvalue weighted by atomic mass is 9.41. The number of aliphatic hydroxyl groups is 3. The first-order valence-electron chi connectivity index (χ1n) is 24.7. The van der Waals surface area contributed by atoms with Gasteiger partial charge in [-0.3, -0.25) is 9.59 Å². The summed E-state index contributed by atoms with van der Waals surface area (Å²) in [6.07, 6.45) is 18.2. The third-order valence-corrected chi connectivity index (χ3v) is 21.6. The van der Waals surface area contributed by atoms with E-state index in [0.29, 0.717) is 76.9 Å². The second-order valence-electron chi connectivity index (χ2n) is 23.8. The zero-order valence-electron chi connectivity index (χ0n) is 38.2. The summed E-state index contributed by atoms with van der Waals surface area (Å²) in [5.74, 6) is 5.75. The van der Waals surface area contributed by atoms with Crippen molar-refractivity contribution >= 4 is 11.9 Å². The molecule has 22 atom stereocenters. The molecule has 7 heteroatoms. The lowest BCUT2D eigenvalue weighted by Crippen LogP contribution is -2.62. The van der Waals surface area contributed by atoms with Crippen molar-refractivity contribution in [3.8, 4) is 0 Å². The summed E-state index contributed by atoms with van der Waals surface area (Å²) >= 11 is 0. The number of aliphatic carboxylic acids is 2. The molecule has 0 heterocycles. The Labute approximate surface area is 352 Å². The van der Waals surface area contributed by atoms with Crippen molar-refractivity contribution in [3.63, 3.8) is 0 Å². The zero-order valence-corrected chi connectivity index (χ0v) is 38.2. The lowest BCUT2D eigenvalue weighted by Gasteiger charge is -2.65. The molecular formula is C51H86O7. The minimum Gasteiger partial charge on any atom is -0.481 e. The highest BCUT2D eigenvalue weighted by atomic mass is 16.4. The van der Waals surface area contributed by atoms with Crippen molar-refractivity contribution in [2.45, 2.75) is 196 Å². The van der Waals surface area contributed by atoms with Gasteiger partial charge in [0.1, 0.15) is 0 Å². The first-order valence-corrected chi connectivity index (χ1v) is 24.7. The lowest BCUT2D eigenvalue weighted by molar-refractivity contribution is -0.203. The second-order valence-corrected chi connectivity index (χ2v) is 23.8. The Balaban J connectivity index is 0.000000177. The van der Waals surface area contributed by atoms with E-state index in [1.807, 2.05) is 0 Å². The topological polar surface area (TPSA) is 135 Å². The predicted octanol–water partition coefficient (Wildman–Crippen LogP) is 10.7. The SMILES string of the molecule is CC[C@H]1[C@@H](O)[C@@H]2[C@H](CC[C@]3(C)[C@@H]([C@H](C)CC(=O)O)CC[C@@H]23)[C@@]2(C)CC[C@@H](C)C[C@@H]12.CC[C@H]1[C@@H](O)[C@@H]2[C@H](CC[C@]3(C)[C@@H]([C@H](C)CC(=O)O)CC[C@@H]23)[C@@]2(C)CC[C@@H](O)C[C@@H]12. The molecule has 7 nitrogen and oxygen atoms in total. The third-order valence-electron chi connectivity index (χ3n) is 21.6. The highest BCUT2D eigenvalue weighted by Gasteiger charge is 2.66. The molecule has 0 aromatic rings. The maximum Gasteiger partial charge on any atom is 0.303 e. The van der Waals surface area contributed by atoms with E-state index in [4.69, 9.17) is 0 Å². The van der Waals surface area contributed by atoms with Gasteiger partial charge in [-0.15, -0.1) is 0 Å². The minimum absolute atomic E-state index is 0.159. The van der Waals surface area contributed by atoms with Crippen LogP contribution in [0.5, 0.6) is 0 Å².